The molecule has 3 rings (SSSR count). The van der Waals surface area contributed by atoms with Crippen molar-refractivity contribution in [2.45, 2.75) is 56.7 Å². The second kappa shape index (κ2) is 11.1. The predicted octanol–water partition coefficient (Wildman–Crippen LogP) is 3.39. The van der Waals surface area contributed by atoms with Crippen molar-refractivity contribution >= 4 is 21.7 Å². The van der Waals surface area contributed by atoms with Crippen molar-refractivity contribution in [1.29, 1.82) is 0 Å². The first-order chi connectivity index (χ1) is 17.2. The Morgan fingerprint density at radius 3 is 2.46 bits per heavy atom. The van der Waals surface area contributed by atoms with Crippen LogP contribution in [0.5, 0.6) is 5.75 Å². The lowest BCUT2D eigenvalue weighted by atomic mass is 10.0. The number of ether oxygens (including phenoxy) is 2. The number of esters is 1. The molecule has 12 heteroatoms. The third kappa shape index (κ3) is 6.62. The van der Waals surface area contributed by atoms with Crippen LogP contribution in [0.4, 0.5) is 10.1 Å². The molecule has 1 heterocycles. The van der Waals surface area contributed by atoms with E-state index in [1.54, 1.807) is 44.7 Å². The molecule has 0 bridgehead atoms. The van der Waals surface area contributed by atoms with E-state index in [1.807, 2.05) is 0 Å². The topological polar surface area (TPSA) is 119 Å². The third-order valence-corrected chi connectivity index (χ3v) is 8.10. The van der Waals surface area contributed by atoms with Gasteiger partial charge in [-0.2, -0.15) is 4.31 Å². The van der Waals surface area contributed by atoms with Gasteiger partial charge in [-0.3, -0.25) is 19.8 Å². The zero-order valence-corrected chi connectivity index (χ0v) is 22.3. The molecular formula is C25H32FN3O7S. The fraction of sp³-hybridized carbons (Fsp3) is 0.480. The van der Waals surface area contributed by atoms with E-state index < -0.39 is 50.1 Å². The lowest BCUT2D eigenvalue weighted by Gasteiger charge is -2.42. The summed E-state index contributed by atoms with van der Waals surface area (Å²) in [5.41, 5.74) is -0.991. The van der Waals surface area contributed by atoms with E-state index >= 15 is 0 Å². The number of hydrogen-bond donors (Lipinski definition) is 0. The molecule has 0 N–H and O–H groups in total. The van der Waals surface area contributed by atoms with E-state index in [2.05, 4.69) is 0 Å². The molecule has 2 aromatic rings. The van der Waals surface area contributed by atoms with Gasteiger partial charge in [0.1, 0.15) is 23.2 Å². The highest BCUT2D eigenvalue weighted by Gasteiger charge is 2.41. The quantitative estimate of drug-likeness (QED) is 0.286. The number of carbonyl (C=O) groups is 1. The summed E-state index contributed by atoms with van der Waals surface area (Å²) in [6, 6.07) is 8.09. The van der Waals surface area contributed by atoms with Crippen LogP contribution in [0.3, 0.4) is 0 Å². The molecule has 0 unspecified atom stereocenters. The Balaban J connectivity index is 1.88. The molecular weight excluding hydrogens is 505 g/mol. The first-order valence-corrected chi connectivity index (χ1v) is 13.2. The van der Waals surface area contributed by atoms with Gasteiger partial charge >= 0.3 is 5.97 Å². The Bertz CT molecular complexity index is 1260. The second-order valence-corrected chi connectivity index (χ2v) is 11.8. The molecule has 0 radical (unpaired) electrons. The van der Waals surface area contributed by atoms with Crippen LogP contribution in [0, 0.1) is 15.9 Å². The number of halogens is 1. The van der Waals surface area contributed by atoms with Crippen LogP contribution < -0.4 is 4.74 Å². The van der Waals surface area contributed by atoms with Crippen LogP contribution >= 0.6 is 0 Å². The van der Waals surface area contributed by atoms with Crippen molar-refractivity contribution in [3.05, 3.63) is 64.0 Å². The summed E-state index contributed by atoms with van der Waals surface area (Å²) in [5, 5.41) is 11.4. The Morgan fingerprint density at radius 2 is 1.89 bits per heavy atom. The van der Waals surface area contributed by atoms with Crippen molar-refractivity contribution in [3.63, 3.8) is 0 Å². The first kappa shape index (κ1) is 28.5. The van der Waals surface area contributed by atoms with Crippen LogP contribution in [-0.4, -0.2) is 72.9 Å². The zero-order chi connectivity index (χ0) is 27.5. The molecule has 0 saturated carbocycles. The molecule has 10 nitrogen and oxygen atoms in total. The third-order valence-electron chi connectivity index (χ3n) is 6.04. The molecule has 202 valence electrons. The minimum Gasteiger partial charge on any atom is -0.497 e. The van der Waals surface area contributed by atoms with E-state index in [0.29, 0.717) is 11.3 Å². The Labute approximate surface area is 216 Å². The molecule has 0 aliphatic carbocycles. The lowest BCUT2D eigenvalue weighted by Crippen LogP contribution is -2.58. The van der Waals surface area contributed by atoms with Gasteiger partial charge in [0.25, 0.3) is 5.69 Å². The number of carbonyl (C=O) groups excluding carboxylic acids is 1. The number of sulfonamides is 1. The summed E-state index contributed by atoms with van der Waals surface area (Å²) in [6.07, 6.45) is 0.00830. The molecule has 0 aromatic heterocycles. The van der Waals surface area contributed by atoms with Gasteiger partial charge in [-0.15, -0.1) is 0 Å². The second-order valence-electron chi connectivity index (χ2n) is 9.90. The summed E-state index contributed by atoms with van der Waals surface area (Å²) in [6.45, 7) is 7.13. The number of hydrogen-bond acceptors (Lipinski definition) is 8. The number of piperazine rings is 1. The minimum absolute atomic E-state index is 0.00830. The molecule has 1 aliphatic heterocycles. The molecule has 1 fully saturated rings. The van der Waals surface area contributed by atoms with E-state index in [0.717, 1.165) is 6.07 Å². The number of rotatable bonds is 8. The van der Waals surface area contributed by atoms with Gasteiger partial charge in [-0.1, -0.05) is 18.2 Å². The van der Waals surface area contributed by atoms with Crippen LogP contribution in [0.25, 0.3) is 0 Å². The van der Waals surface area contributed by atoms with Gasteiger partial charge in [-0.25, -0.2) is 12.8 Å². The van der Waals surface area contributed by atoms with Crippen molar-refractivity contribution in [2.75, 3.05) is 26.7 Å². The number of methoxy groups -OCH3 is 1. The van der Waals surface area contributed by atoms with Gasteiger partial charge in [0.2, 0.25) is 10.0 Å². The lowest BCUT2D eigenvalue weighted by molar-refractivity contribution is -0.387. The van der Waals surface area contributed by atoms with E-state index in [4.69, 9.17) is 9.47 Å². The molecule has 37 heavy (non-hydrogen) atoms. The fourth-order valence-electron chi connectivity index (χ4n) is 4.32. The zero-order valence-electron chi connectivity index (χ0n) is 21.5. The standard InChI is InChI=1S/C25H32FN3O7S/c1-17-16-27(12-13-28(17)37(33,34)23-9-7-6-8-21(23)29(31)32)22(24(30)36-25(2,3)4)14-18-10-11-19(35-5)15-20(18)26/h6-11,15,17,22H,12-14,16H2,1-5H3/t17-,22-/m0/s1. The summed E-state index contributed by atoms with van der Waals surface area (Å²) >= 11 is 0. The molecule has 0 spiro atoms. The highest BCUT2D eigenvalue weighted by Crippen LogP contribution is 2.30. The maximum absolute atomic E-state index is 14.8. The van der Waals surface area contributed by atoms with E-state index in [1.165, 1.54) is 35.7 Å². The summed E-state index contributed by atoms with van der Waals surface area (Å²) in [7, 11) is -2.76. The van der Waals surface area contributed by atoms with E-state index in [-0.39, 0.29) is 31.0 Å². The maximum atomic E-state index is 14.8. The van der Waals surface area contributed by atoms with Gasteiger partial charge in [0, 0.05) is 44.2 Å². The molecule has 1 aliphatic rings. The summed E-state index contributed by atoms with van der Waals surface area (Å²) in [5.74, 6) is -0.735. The molecule has 1 saturated heterocycles. The van der Waals surface area contributed by atoms with Crippen LogP contribution in [0.15, 0.2) is 47.4 Å². The predicted molar refractivity (Wildman–Crippen MR) is 134 cm³/mol. The number of nitrogens with zero attached hydrogens (tertiary/aromatic N) is 3. The summed E-state index contributed by atoms with van der Waals surface area (Å²) < 4.78 is 53.4. The average Bonchev–Trinajstić information content (AvgIpc) is 2.81. The number of nitro groups is 1. The number of benzene rings is 2. The average molecular weight is 538 g/mol. The Hall–Kier alpha value is -3.09. The largest absolute Gasteiger partial charge is 0.497 e. The maximum Gasteiger partial charge on any atom is 0.324 e. The van der Waals surface area contributed by atoms with Crippen LogP contribution in [0.1, 0.15) is 33.3 Å². The van der Waals surface area contributed by atoms with Gasteiger partial charge in [0.05, 0.1) is 12.0 Å². The first-order valence-electron chi connectivity index (χ1n) is 11.8. The van der Waals surface area contributed by atoms with Crippen molar-refractivity contribution in [2.24, 2.45) is 0 Å². The van der Waals surface area contributed by atoms with Crippen LogP contribution in [0.2, 0.25) is 0 Å². The molecule has 0 amide bonds. The molecule has 2 aromatic carbocycles. The Kier molecular flexibility index (Phi) is 8.56. The van der Waals surface area contributed by atoms with Gasteiger partial charge < -0.3 is 9.47 Å². The van der Waals surface area contributed by atoms with E-state index in [9.17, 15) is 27.7 Å². The normalized spacial score (nSPS) is 18.3. The van der Waals surface area contributed by atoms with Gasteiger partial charge in [0.15, 0.2) is 4.90 Å². The molecule has 2 atom stereocenters. The van der Waals surface area contributed by atoms with Crippen molar-refractivity contribution in [1.82, 2.24) is 9.21 Å². The summed E-state index contributed by atoms with van der Waals surface area (Å²) in [4.78, 5) is 25.3. The fourth-order valence-corrected chi connectivity index (χ4v) is 6.09. The number of para-hydroxylation sites is 1. The highest BCUT2D eigenvalue weighted by atomic mass is 32.2. The smallest absolute Gasteiger partial charge is 0.324 e. The van der Waals surface area contributed by atoms with Crippen molar-refractivity contribution < 1.29 is 32.0 Å². The monoisotopic (exact) mass is 537 g/mol. The minimum atomic E-state index is -4.18. The highest BCUT2D eigenvalue weighted by molar-refractivity contribution is 7.89. The SMILES string of the molecule is COc1ccc(C[C@@H](C(=O)OC(C)(C)C)N2CCN(S(=O)(=O)c3ccccc3[N+](=O)[O-])[C@@H](C)C2)c(F)c1. The van der Waals surface area contributed by atoms with Crippen molar-refractivity contribution in [3.8, 4) is 5.75 Å². The Morgan fingerprint density at radius 1 is 1.22 bits per heavy atom. The van der Waals surface area contributed by atoms with Crippen LogP contribution in [-0.2, 0) is 26.0 Å². The number of nitro benzene ring substituents is 1. The van der Waals surface area contributed by atoms with Gasteiger partial charge in [-0.05, 0) is 45.4 Å².